The summed E-state index contributed by atoms with van der Waals surface area (Å²) in [7, 11) is 0. The molecule has 0 saturated carbocycles. The van der Waals surface area contributed by atoms with Crippen LogP contribution >= 0.6 is 0 Å². The Morgan fingerprint density at radius 3 is 2.71 bits per heavy atom. The molecule has 14 heavy (non-hydrogen) atoms. The van der Waals surface area contributed by atoms with Gasteiger partial charge in [-0.15, -0.1) is 0 Å². The van der Waals surface area contributed by atoms with Crippen molar-refractivity contribution in [2.75, 3.05) is 0 Å². The molecule has 1 aromatic rings. The fraction of sp³-hybridized carbons (Fsp3) is 0.300. The molecule has 0 aliphatic carbocycles. The van der Waals surface area contributed by atoms with Crippen LogP contribution in [0.4, 0.5) is 0 Å². The van der Waals surface area contributed by atoms with Gasteiger partial charge in [0.25, 0.3) is 0 Å². The van der Waals surface area contributed by atoms with E-state index in [1.165, 1.54) is 13.1 Å². The predicted octanol–water partition coefficient (Wildman–Crippen LogP) is 1.36. The molecule has 0 fully saturated rings. The molecule has 74 valence electrons. The SMILES string of the molecule is CC(=O)CCC(=O)Oc1ccccn1. The zero-order valence-electron chi connectivity index (χ0n) is 7.90. The summed E-state index contributed by atoms with van der Waals surface area (Å²) in [5, 5.41) is 0. The number of hydrogen-bond donors (Lipinski definition) is 0. The number of nitrogens with zero attached hydrogens (tertiary/aromatic N) is 1. The van der Waals surface area contributed by atoms with Crippen LogP contribution < -0.4 is 4.74 Å². The summed E-state index contributed by atoms with van der Waals surface area (Å²) in [5.41, 5.74) is 0. The summed E-state index contributed by atoms with van der Waals surface area (Å²) in [4.78, 5) is 25.5. The van der Waals surface area contributed by atoms with Gasteiger partial charge in [-0.1, -0.05) is 6.07 Å². The van der Waals surface area contributed by atoms with E-state index in [2.05, 4.69) is 4.98 Å². The van der Waals surface area contributed by atoms with Gasteiger partial charge in [-0.05, 0) is 13.0 Å². The molecule has 0 unspecified atom stereocenters. The Bertz CT molecular complexity index is 321. The van der Waals surface area contributed by atoms with Crippen LogP contribution in [-0.2, 0) is 9.59 Å². The van der Waals surface area contributed by atoms with Gasteiger partial charge >= 0.3 is 5.97 Å². The Kier molecular flexibility index (Phi) is 3.79. The molecular weight excluding hydrogens is 182 g/mol. The van der Waals surface area contributed by atoms with Crippen molar-refractivity contribution in [2.24, 2.45) is 0 Å². The van der Waals surface area contributed by atoms with Crippen molar-refractivity contribution in [3.8, 4) is 5.88 Å². The predicted molar refractivity (Wildman–Crippen MR) is 49.8 cm³/mol. The summed E-state index contributed by atoms with van der Waals surface area (Å²) < 4.78 is 4.86. The molecule has 4 nitrogen and oxygen atoms in total. The van der Waals surface area contributed by atoms with Gasteiger partial charge < -0.3 is 9.53 Å². The van der Waals surface area contributed by atoms with Crippen LogP contribution in [0.25, 0.3) is 0 Å². The van der Waals surface area contributed by atoms with Crippen LogP contribution in [0.5, 0.6) is 5.88 Å². The first-order valence-corrected chi connectivity index (χ1v) is 4.29. The quantitative estimate of drug-likeness (QED) is 0.677. The van der Waals surface area contributed by atoms with E-state index in [-0.39, 0.29) is 24.5 Å². The zero-order chi connectivity index (χ0) is 10.4. The summed E-state index contributed by atoms with van der Waals surface area (Å²) >= 11 is 0. The van der Waals surface area contributed by atoms with Gasteiger partial charge in [-0.25, -0.2) is 4.98 Å². The van der Waals surface area contributed by atoms with Crippen LogP contribution in [-0.4, -0.2) is 16.7 Å². The molecule has 1 rings (SSSR count). The van der Waals surface area contributed by atoms with Crippen molar-refractivity contribution >= 4 is 11.8 Å². The van der Waals surface area contributed by atoms with Gasteiger partial charge in [0, 0.05) is 18.7 Å². The minimum Gasteiger partial charge on any atom is -0.407 e. The molecule has 0 aromatic carbocycles. The number of ether oxygens (including phenoxy) is 1. The minimum atomic E-state index is -0.432. The molecule has 0 amide bonds. The van der Waals surface area contributed by atoms with Gasteiger partial charge in [0.15, 0.2) is 0 Å². The minimum absolute atomic E-state index is 0.0250. The molecule has 0 N–H and O–H groups in total. The third kappa shape index (κ3) is 3.80. The highest BCUT2D eigenvalue weighted by Gasteiger charge is 2.06. The number of rotatable bonds is 4. The van der Waals surface area contributed by atoms with Gasteiger partial charge in [0.05, 0.1) is 6.42 Å². The van der Waals surface area contributed by atoms with E-state index in [4.69, 9.17) is 4.74 Å². The van der Waals surface area contributed by atoms with Crippen molar-refractivity contribution in [2.45, 2.75) is 19.8 Å². The third-order valence-corrected chi connectivity index (χ3v) is 1.54. The molecule has 4 heteroatoms. The van der Waals surface area contributed by atoms with Crippen LogP contribution in [0.3, 0.4) is 0 Å². The second-order valence-electron chi connectivity index (χ2n) is 2.84. The van der Waals surface area contributed by atoms with E-state index in [0.717, 1.165) is 0 Å². The Morgan fingerprint density at radius 1 is 1.36 bits per heavy atom. The average molecular weight is 193 g/mol. The van der Waals surface area contributed by atoms with Gasteiger partial charge in [0.2, 0.25) is 5.88 Å². The van der Waals surface area contributed by atoms with E-state index >= 15 is 0 Å². The molecule has 1 aromatic heterocycles. The Labute approximate surface area is 81.9 Å². The van der Waals surface area contributed by atoms with Crippen LogP contribution in [0.15, 0.2) is 24.4 Å². The lowest BCUT2D eigenvalue weighted by Gasteiger charge is -2.00. The Morgan fingerprint density at radius 2 is 2.14 bits per heavy atom. The molecule has 0 saturated heterocycles. The monoisotopic (exact) mass is 193 g/mol. The van der Waals surface area contributed by atoms with Crippen molar-refractivity contribution < 1.29 is 14.3 Å². The third-order valence-electron chi connectivity index (χ3n) is 1.54. The van der Waals surface area contributed by atoms with Gasteiger partial charge in [0.1, 0.15) is 5.78 Å². The molecular formula is C10H11NO3. The fourth-order valence-corrected chi connectivity index (χ4v) is 0.853. The number of carbonyl (C=O) groups is 2. The van der Waals surface area contributed by atoms with E-state index in [0.29, 0.717) is 0 Å². The lowest BCUT2D eigenvalue weighted by Crippen LogP contribution is -2.10. The van der Waals surface area contributed by atoms with Crippen molar-refractivity contribution in [1.82, 2.24) is 4.98 Å². The van der Waals surface area contributed by atoms with E-state index in [9.17, 15) is 9.59 Å². The largest absolute Gasteiger partial charge is 0.407 e. The topological polar surface area (TPSA) is 56.3 Å². The lowest BCUT2D eigenvalue weighted by atomic mass is 10.2. The lowest BCUT2D eigenvalue weighted by molar-refractivity contribution is -0.136. The maximum absolute atomic E-state index is 11.1. The van der Waals surface area contributed by atoms with E-state index in [1.807, 2.05) is 0 Å². The fourth-order valence-electron chi connectivity index (χ4n) is 0.853. The molecule has 0 bridgehead atoms. The first-order chi connectivity index (χ1) is 6.68. The van der Waals surface area contributed by atoms with Crippen molar-refractivity contribution in [3.63, 3.8) is 0 Å². The van der Waals surface area contributed by atoms with Crippen molar-refractivity contribution in [1.29, 1.82) is 0 Å². The molecule has 0 aliphatic rings. The number of hydrogen-bond acceptors (Lipinski definition) is 4. The van der Waals surface area contributed by atoms with Gasteiger partial charge in [-0.3, -0.25) is 4.79 Å². The highest BCUT2D eigenvalue weighted by molar-refractivity contribution is 5.81. The number of ketones is 1. The molecule has 0 spiro atoms. The number of aromatic nitrogens is 1. The second kappa shape index (κ2) is 5.11. The van der Waals surface area contributed by atoms with Crippen molar-refractivity contribution in [3.05, 3.63) is 24.4 Å². The molecule has 0 atom stereocenters. The van der Waals surface area contributed by atoms with E-state index in [1.54, 1.807) is 18.2 Å². The van der Waals surface area contributed by atoms with Gasteiger partial charge in [-0.2, -0.15) is 0 Å². The number of carbonyl (C=O) groups excluding carboxylic acids is 2. The summed E-state index contributed by atoms with van der Waals surface area (Å²) in [6, 6.07) is 5.04. The number of Topliss-reactive ketones (excluding diaryl/α,β-unsaturated/α-hetero) is 1. The smallest absolute Gasteiger partial charge is 0.312 e. The number of pyridine rings is 1. The highest BCUT2D eigenvalue weighted by Crippen LogP contribution is 2.05. The first kappa shape index (κ1) is 10.4. The summed E-state index contributed by atoms with van der Waals surface area (Å²) in [5.74, 6) is -0.192. The maximum atomic E-state index is 11.1. The molecule has 1 heterocycles. The standard InChI is InChI=1S/C10H11NO3/c1-8(12)5-6-10(13)14-9-4-2-3-7-11-9/h2-4,7H,5-6H2,1H3. The van der Waals surface area contributed by atoms with Crippen LogP contribution in [0, 0.1) is 0 Å². The average Bonchev–Trinajstić information content (AvgIpc) is 2.16. The Hall–Kier alpha value is -1.71. The normalized spacial score (nSPS) is 9.50. The molecule has 0 aliphatic heterocycles. The highest BCUT2D eigenvalue weighted by atomic mass is 16.5. The molecule has 0 radical (unpaired) electrons. The summed E-state index contributed by atoms with van der Waals surface area (Å²) in [6.45, 7) is 1.44. The Balaban J connectivity index is 2.38. The zero-order valence-corrected chi connectivity index (χ0v) is 7.90. The van der Waals surface area contributed by atoms with Crippen LogP contribution in [0.1, 0.15) is 19.8 Å². The summed E-state index contributed by atoms with van der Waals surface area (Å²) in [6.07, 6.45) is 1.85. The number of esters is 1. The first-order valence-electron chi connectivity index (χ1n) is 4.29. The second-order valence-corrected chi connectivity index (χ2v) is 2.84. The van der Waals surface area contributed by atoms with Crippen LogP contribution in [0.2, 0.25) is 0 Å². The maximum Gasteiger partial charge on any atom is 0.312 e. The van der Waals surface area contributed by atoms with E-state index < -0.39 is 5.97 Å².